The summed E-state index contributed by atoms with van der Waals surface area (Å²) in [5, 5.41) is 0. The van der Waals surface area contributed by atoms with Crippen molar-refractivity contribution in [1.29, 1.82) is 0 Å². The number of alkyl halides is 2. The first-order chi connectivity index (χ1) is 6.16. The molecule has 0 radical (unpaired) electrons. The molecule has 1 aromatic carbocycles. The third-order valence-electron chi connectivity index (χ3n) is 1.65. The summed E-state index contributed by atoms with van der Waals surface area (Å²) in [5.41, 5.74) is -0.646. The summed E-state index contributed by atoms with van der Waals surface area (Å²) >= 11 is 0. The quantitative estimate of drug-likeness (QED) is 0.666. The predicted octanol–water partition coefficient (Wildman–Crippen LogP) is 2.50. The molecular formula is C9H7F3O. The average molecular weight is 188 g/mol. The number of halogens is 3. The fourth-order valence-electron chi connectivity index (χ4n) is 1.02. The molecule has 13 heavy (non-hydrogen) atoms. The molecule has 0 aliphatic heterocycles. The van der Waals surface area contributed by atoms with Crippen LogP contribution in [0.3, 0.4) is 0 Å². The standard InChI is InChI=1S/C9H7F3O/c10-8-6(4-5-13)2-1-3-7(8)9(11)12/h1-3,5,9H,4H2. The molecular weight excluding hydrogens is 181 g/mol. The van der Waals surface area contributed by atoms with Crippen LogP contribution in [0.4, 0.5) is 13.2 Å². The summed E-state index contributed by atoms with van der Waals surface area (Å²) in [7, 11) is 0. The van der Waals surface area contributed by atoms with Gasteiger partial charge in [-0.05, 0) is 5.56 Å². The first-order valence-corrected chi connectivity index (χ1v) is 3.66. The van der Waals surface area contributed by atoms with Gasteiger partial charge < -0.3 is 4.79 Å². The first-order valence-electron chi connectivity index (χ1n) is 3.66. The monoisotopic (exact) mass is 188 g/mol. The van der Waals surface area contributed by atoms with Crippen LogP contribution < -0.4 is 0 Å². The van der Waals surface area contributed by atoms with Gasteiger partial charge in [-0.25, -0.2) is 13.2 Å². The third kappa shape index (κ3) is 2.08. The van der Waals surface area contributed by atoms with Crippen LogP contribution in [0.15, 0.2) is 18.2 Å². The van der Waals surface area contributed by atoms with E-state index in [4.69, 9.17) is 0 Å². The maximum absolute atomic E-state index is 13.1. The van der Waals surface area contributed by atoms with Crippen molar-refractivity contribution in [3.05, 3.63) is 35.1 Å². The lowest BCUT2D eigenvalue weighted by Crippen LogP contribution is -1.97. The lowest BCUT2D eigenvalue weighted by molar-refractivity contribution is -0.107. The third-order valence-corrected chi connectivity index (χ3v) is 1.65. The Balaban J connectivity index is 3.10. The van der Waals surface area contributed by atoms with Gasteiger partial charge >= 0.3 is 0 Å². The van der Waals surface area contributed by atoms with Gasteiger partial charge in [0.2, 0.25) is 0 Å². The van der Waals surface area contributed by atoms with Gasteiger partial charge in [-0.15, -0.1) is 0 Å². The number of hydrogen-bond acceptors (Lipinski definition) is 1. The molecule has 70 valence electrons. The molecule has 0 unspecified atom stereocenters. The molecule has 0 heterocycles. The second-order valence-electron chi connectivity index (χ2n) is 2.49. The number of benzene rings is 1. The Labute approximate surface area is 73.2 Å². The molecule has 1 rings (SSSR count). The first kappa shape index (κ1) is 9.77. The van der Waals surface area contributed by atoms with Crippen molar-refractivity contribution in [1.82, 2.24) is 0 Å². The van der Waals surface area contributed by atoms with E-state index in [-0.39, 0.29) is 12.0 Å². The van der Waals surface area contributed by atoms with Crippen LogP contribution in [0.2, 0.25) is 0 Å². The minimum absolute atomic E-state index is 0.00722. The van der Waals surface area contributed by atoms with Crippen molar-refractivity contribution in [2.75, 3.05) is 0 Å². The Kier molecular flexibility index (Phi) is 3.06. The second-order valence-corrected chi connectivity index (χ2v) is 2.49. The summed E-state index contributed by atoms with van der Waals surface area (Å²) in [6.07, 6.45) is -2.54. The molecule has 0 aliphatic rings. The van der Waals surface area contributed by atoms with Crippen LogP contribution in [0.1, 0.15) is 17.6 Å². The predicted molar refractivity (Wildman–Crippen MR) is 41.1 cm³/mol. The molecule has 0 amide bonds. The number of carbonyl (C=O) groups is 1. The molecule has 0 saturated carbocycles. The molecule has 1 aromatic rings. The van der Waals surface area contributed by atoms with Crippen molar-refractivity contribution in [3.63, 3.8) is 0 Å². The van der Waals surface area contributed by atoms with E-state index in [0.29, 0.717) is 6.29 Å². The maximum Gasteiger partial charge on any atom is 0.266 e. The van der Waals surface area contributed by atoms with Gasteiger partial charge in [0.05, 0.1) is 5.56 Å². The summed E-state index contributed by atoms with van der Waals surface area (Å²) in [6, 6.07) is 3.63. The van der Waals surface area contributed by atoms with Crippen molar-refractivity contribution in [2.45, 2.75) is 12.8 Å². The largest absolute Gasteiger partial charge is 0.303 e. The van der Waals surface area contributed by atoms with E-state index in [1.54, 1.807) is 0 Å². The molecule has 0 atom stereocenters. The Morgan fingerprint density at radius 3 is 2.62 bits per heavy atom. The lowest BCUT2D eigenvalue weighted by Gasteiger charge is -2.04. The minimum atomic E-state index is -2.84. The SMILES string of the molecule is O=CCc1cccc(C(F)F)c1F. The summed E-state index contributed by atoms with van der Waals surface area (Å²) < 4.78 is 37.3. The Bertz CT molecular complexity index is 310. The number of aldehydes is 1. The fourth-order valence-corrected chi connectivity index (χ4v) is 1.02. The molecule has 4 heteroatoms. The number of carbonyl (C=O) groups excluding carboxylic acids is 1. The molecule has 0 bridgehead atoms. The van der Waals surface area contributed by atoms with E-state index in [1.807, 2.05) is 0 Å². The summed E-state index contributed by atoms with van der Waals surface area (Å²) in [6.45, 7) is 0. The molecule has 0 aliphatic carbocycles. The maximum atomic E-state index is 13.1. The van der Waals surface area contributed by atoms with Crippen LogP contribution in [-0.4, -0.2) is 6.29 Å². The highest BCUT2D eigenvalue weighted by Gasteiger charge is 2.15. The van der Waals surface area contributed by atoms with Gasteiger partial charge in [0.25, 0.3) is 6.43 Å². The smallest absolute Gasteiger partial charge is 0.266 e. The summed E-state index contributed by atoms with van der Waals surface area (Å²) in [5.74, 6) is -0.982. The van der Waals surface area contributed by atoms with Gasteiger partial charge in [0, 0.05) is 6.42 Å². The molecule has 1 nitrogen and oxygen atoms in total. The topological polar surface area (TPSA) is 17.1 Å². The zero-order valence-corrected chi connectivity index (χ0v) is 6.64. The molecule has 0 N–H and O–H groups in total. The molecule has 0 fully saturated rings. The van der Waals surface area contributed by atoms with Crippen LogP contribution in [0, 0.1) is 5.82 Å². The fraction of sp³-hybridized carbons (Fsp3) is 0.222. The van der Waals surface area contributed by atoms with Gasteiger partial charge in [-0.1, -0.05) is 18.2 Å². The second kappa shape index (κ2) is 4.07. The van der Waals surface area contributed by atoms with Gasteiger partial charge in [-0.2, -0.15) is 0 Å². The minimum Gasteiger partial charge on any atom is -0.303 e. The van der Waals surface area contributed by atoms with Crippen LogP contribution in [0.25, 0.3) is 0 Å². The van der Waals surface area contributed by atoms with E-state index in [2.05, 4.69) is 0 Å². The van der Waals surface area contributed by atoms with E-state index >= 15 is 0 Å². The van der Waals surface area contributed by atoms with E-state index in [1.165, 1.54) is 12.1 Å². The highest BCUT2D eigenvalue weighted by Crippen LogP contribution is 2.23. The zero-order chi connectivity index (χ0) is 9.84. The van der Waals surface area contributed by atoms with Gasteiger partial charge in [0.15, 0.2) is 0 Å². The number of hydrogen-bond donors (Lipinski definition) is 0. The number of rotatable bonds is 3. The average Bonchev–Trinajstić information content (AvgIpc) is 2.08. The lowest BCUT2D eigenvalue weighted by atomic mass is 10.1. The summed E-state index contributed by atoms with van der Waals surface area (Å²) in [4.78, 5) is 10.1. The van der Waals surface area contributed by atoms with Gasteiger partial charge in [0.1, 0.15) is 12.1 Å². The Hall–Kier alpha value is -1.32. The Morgan fingerprint density at radius 2 is 2.08 bits per heavy atom. The Morgan fingerprint density at radius 1 is 1.38 bits per heavy atom. The van der Waals surface area contributed by atoms with Crippen LogP contribution in [-0.2, 0) is 11.2 Å². The van der Waals surface area contributed by atoms with E-state index in [9.17, 15) is 18.0 Å². The van der Waals surface area contributed by atoms with E-state index in [0.717, 1.165) is 6.07 Å². The molecule has 0 saturated heterocycles. The van der Waals surface area contributed by atoms with Crippen molar-refractivity contribution in [3.8, 4) is 0 Å². The van der Waals surface area contributed by atoms with Crippen molar-refractivity contribution < 1.29 is 18.0 Å². The molecule has 0 aromatic heterocycles. The normalized spacial score (nSPS) is 10.5. The van der Waals surface area contributed by atoms with Gasteiger partial charge in [-0.3, -0.25) is 0 Å². The highest BCUT2D eigenvalue weighted by atomic mass is 19.3. The zero-order valence-electron chi connectivity index (χ0n) is 6.64. The van der Waals surface area contributed by atoms with Crippen LogP contribution in [0.5, 0.6) is 0 Å². The van der Waals surface area contributed by atoms with Crippen molar-refractivity contribution >= 4 is 6.29 Å². The van der Waals surface area contributed by atoms with Crippen molar-refractivity contribution in [2.24, 2.45) is 0 Å². The highest BCUT2D eigenvalue weighted by molar-refractivity contribution is 5.55. The van der Waals surface area contributed by atoms with E-state index < -0.39 is 17.8 Å². The van der Waals surface area contributed by atoms with Crippen LogP contribution >= 0.6 is 0 Å². The molecule has 0 spiro atoms.